The predicted molar refractivity (Wildman–Crippen MR) is 49.9 cm³/mol. The number of terminal acetylenes is 1. The second kappa shape index (κ2) is 4.29. The van der Waals surface area contributed by atoms with E-state index >= 15 is 0 Å². The van der Waals surface area contributed by atoms with Crippen molar-refractivity contribution in [1.29, 1.82) is 0 Å². The molecular formula is C10H15NO2. The van der Waals surface area contributed by atoms with Crippen LogP contribution in [0, 0.1) is 12.3 Å². The highest BCUT2D eigenvalue weighted by Crippen LogP contribution is 2.32. The van der Waals surface area contributed by atoms with Crippen molar-refractivity contribution >= 4 is 5.91 Å². The second-order valence-electron chi connectivity index (χ2n) is 3.56. The van der Waals surface area contributed by atoms with Crippen LogP contribution in [0.15, 0.2) is 0 Å². The zero-order valence-corrected chi connectivity index (χ0v) is 7.68. The third kappa shape index (κ3) is 2.46. The summed E-state index contributed by atoms with van der Waals surface area (Å²) in [6.45, 7) is 0.102. The molecule has 1 saturated carbocycles. The van der Waals surface area contributed by atoms with Crippen molar-refractivity contribution in [1.82, 2.24) is 5.32 Å². The van der Waals surface area contributed by atoms with Crippen LogP contribution in [0.1, 0.15) is 32.1 Å². The van der Waals surface area contributed by atoms with Gasteiger partial charge in [0.05, 0.1) is 0 Å². The van der Waals surface area contributed by atoms with E-state index in [1.807, 2.05) is 5.92 Å². The normalized spacial score (nSPS) is 19.4. The summed E-state index contributed by atoms with van der Waals surface area (Å²) in [6.07, 6.45) is 9.66. The van der Waals surface area contributed by atoms with Gasteiger partial charge in [-0.3, -0.25) is 4.79 Å². The fourth-order valence-electron chi connectivity index (χ4n) is 1.98. The molecule has 0 heterocycles. The molecule has 13 heavy (non-hydrogen) atoms. The maximum atomic E-state index is 11.0. The fraction of sp³-hybridized carbons (Fsp3) is 0.700. The SMILES string of the molecule is C#CC(=O)NC1(CCO)CCCC1. The molecule has 3 heteroatoms. The minimum absolute atomic E-state index is 0.102. The Morgan fingerprint density at radius 2 is 2.15 bits per heavy atom. The summed E-state index contributed by atoms with van der Waals surface area (Å²) in [5, 5.41) is 11.7. The van der Waals surface area contributed by atoms with Crippen molar-refractivity contribution in [3.8, 4) is 12.3 Å². The van der Waals surface area contributed by atoms with E-state index in [1.165, 1.54) is 0 Å². The van der Waals surface area contributed by atoms with Gasteiger partial charge in [-0.1, -0.05) is 12.8 Å². The summed E-state index contributed by atoms with van der Waals surface area (Å²) in [5.41, 5.74) is -0.224. The number of aliphatic hydroxyl groups excluding tert-OH is 1. The Morgan fingerprint density at radius 1 is 1.54 bits per heavy atom. The van der Waals surface area contributed by atoms with Gasteiger partial charge in [0.25, 0.3) is 5.91 Å². The highest BCUT2D eigenvalue weighted by Gasteiger charge is 2.34. The lowest BCUT2D eigenvalue weighted by Gasteiger charge is -2.28. The topological polar surface area (TPSA) is 49.3 Å². The number of carbonyl (C=O) groups excluding carboxylic acids is 1. The first-order valence-corrected chi connectivity index (χ1v) is 4.62. The Morgan fingerprint density at radius 3 is 2.62 bits per heavy atom. The first-order chi connectivity index (χ1) is 6.22. The van der Waals surface area contributed by atoms with Crippen molar-refractivity contribution in [2.24, 2.45) is 0 Å². The lowest BCUT2D eigenvalue weighted by molar-refractivity contribution is -0.117. The Labute approximate surface area is 78.5 Å². The number of carbonyl (C=O) groups is 1. The molecule has 1 aliphatic rings. The van der Waals surface area contributed by atoms with Crippen LogP contribution in [0.25, 0.3) is 0 Å². The zero-order valence-electron chi connectivity index (χ0n) is 7.68. The van der Waals surface area contributed by atoms with Crippen LogP contribution in [0.2, 0.25) is 0 Å². The highest BCUT2D eigenvalue weighted by molar-refractivity contribution is 5.93. The fourth-order valence-corrected chi connectivity index (χ4v) is 1.98. The van der Waals surface area contributed by atoms with Gasteiger partial charge in [-0.25, -0.2) is 0 Å². The van der Waals surface area contributed by atoms with Crippen LogP contribution >= 0.6 is 0 Å². The molecule has 0 bridgehead atoms. The van der Waals surface area contributed by atoms with Crippen LogP contribution in [0.5, 0.6) is 0 Å². The molecule has 0 saturated heterocycles. The Hall–Kier alpha value is -1.01. The van der Waals surface area contributed by atoms with Crippen molar-refractivity contribution in [3.05, 3.63) is 0 Å². The minimum atomic E-state index is -0.365. The minimum Gasteiger partial charge on any atom is -0.396 e. The Kier molecular flexibility index (Phi) is 3.32. The van der Waals surface area contributed by atoms with Gasteiger partial charge in [0.15, 0.2) is 0 Å². The number of aliphatic hydroxyl groups is 1. The molecular weight excluding hydrogens is 166 g/mol. The van der Waals surface area contributed by atoms with Crippen LogP contribution in [-0.2, 0) is 4.79 Å². The maximum absolute atomic E-state index is 11.0. The molecule has 0 radical (unpaired) electrons. The van der Waals surface area contributed by atoms with Crippen molar-refractivity contribution in [2.45, 2.75) is 37.6 Å². The van der Waals surface area contributed by atoms with Gasteiger partial charge in [-0.2, -0.15) is 0 Å². The van der Waals surface area contributed by atoms with Gasteiger partial charge >= 0.3 is 0 Å². The second-order valence-corrected chi connectivity index (χ2v) is 3.56. The van der Waals surface area contributed by atoms with Gasteiger partial charge in [-0.05, 0) is 25.2 Å². The largest absolute Gasteiger partial charge is 0.396 e. The summed E-state index contributed by atoms with van der Waals surface area (Å²) in [6, 6.07) is 0. The van der Waals surface area contributed by atoms with Crippen LogP contribution in [-0.4, -0.2) is 23.2 Å². The van der Waals surface area contributed by atoms with Crippen LogP contribution in [0.4, 0.5) is 0 Å². The van der Waals surface area contributed by atoms with Gasteiger partial charge in [-0.15, -0.1) is 6.42 Å². The van der Waals surface area contributed by atoms with Gasteiger partial charge in [0, 0.05) is 12.1 Å². The summed E-state index contributed by atoms with van der Waals surface area (Å²) in [7, 11) is 0. The number of nitrogens with one attached hydrogen (secondary N) is 1. The standard InChI is InChI=1S/C10H15NO2/c1-2-9(13)11-10(7-8-12)5-3-4-6-10/h1,12H,3-8H2,(H,11,13). The van der Waals surface area contributed by atoms with Gasteiger partial charge in [0.1, 0.15) is 0 Å². The molecule has 72 valence electrons. The van der Waals surface area contributed by atoms with Gasteiger partial charge in [0.2, 0.25) is 0 Å². The monoisotopic (exact) mass is 181 g/mol. The van der Waals surface area contributed by atoms with E-state index in [0.29, 0.717) is 6.42 Å². The van der Waals surface area contributed by atoms with E-state index in [-0.39, 0.29) is 18.1 Å². The first-order valence-electron chi connectivity index (χ1n) is 4.62. The zero-order chi connectivity index (χ0) is 9.73. The molecule has 0 aromatic rings. The highest BCUT2D eigenvalue weighted by atomic mass is 16.3. The number of hydrogen-bond acceptors (Lipinski definition) is 2. The molecule has 1 aliphatic carbocycles. The average Bonchev–Trinajstić information content (AvgIpc) is 2.54. The third-order valence-corrected chi connectivity index (χ3v) is 2.66. The van der Waals surface area contributed by atoms with Gasteiger partial charge < -0.3 is 10.4 Å². The molecule has 1 fully saturated rings. The lowest BCUT2D eigenvalue weighted by Crippen LogP contribution is -2.46. The van der Waals surface area contributed by atoms with E-state index in [9.17, 15) is 4.79 Å². The van der Waals surface area contributed by atoms with E-state index in [4.69, 9.17) is 11.5 Å². The molecule has 0 aromatic heterocycles. The molecule has 0 spiro atoms. The number of rotatable bonds is 3. The average molecular weight is 181 g/mol. The summed E-state index contributed by atoms with van der Waals surface area (Å²) >= 11 is 0. The first kappa shape index (κ1) is 10.1. The third-order valence-electron chi connectivity index (χ3n) is 2.66. The predicted octanol–water partition coefficient (Wildman–Crippen LogP) is 0.431. The maximum Gasteiger partial charge on any atom is 0.296 e. The molecule has 2 N–H and O–H groups in total. The lowest BCUT2D eigenvalue weighted by atomic mass is 9.93. The molecule has 3 nitrogen and oxygen atoms in total. The molecule has 1 rings (SSSR count). The summed E-state index contributed by atoms with van der Waals surface area (Å²) in [4.78, 5) is 11.0. The molecule has 0 atom stereocenters. The van der Waals surface area contributed by atoms with Crippen LogP contribution in [0.3, 0.4) is 0 Å². The smallest absolute Gasteiger partial charge is 0.296 e. The quantitative estimate of drug-likeness (QED) is 0.620. The van der Waals surface area contributed by atoms with Crippen molar-refractivity contribution < 1.29 is 9.90 Å². The summed E-state index contributed by atoms with van der Waals surface area (Å²) < 4.78 is 0. The number of hydrogen-bond donors (Lipinski definition) is 2. The Bertz CT molecular complexity index is 224. The van der Waals surface area contributed by atoms with Crippen molar-refractivity contribution in [2.75, 3.05) is 6.61 Å². The van der Waals surface area contributed by atoms with E-state index in [0.717, 1.165) is 25.7 Å². The molecule has 0 unspecified atom stereocenters. The molecule has 0 aliphatic heterocycles. The van der Waals surface area contributed by atoms with E-state index < -0.39 is 0 Å². The summed E-state index contributed by atoms with van der Waals surface area (Å²) in [5.74, 6) is 1.68. The Balaban J connectivity index is 2.57. The van der Waals surface area contributed by atoms with E-state index in [2.05, 4.69) is 5.32 Å². The van der Waals surface area contributed by atoms with E-state index in [1.54, 1.807) is 0 Å². The van der Waals surface area contributed by atoms with Crippen LogP contribution < -0.4 is 5.32 Å². The molecule has 0 aromatic carbocycles. The number of amides is 1. The van der Waals surface area contributed by atoms with Crippen molar-refractivity contribution in [3.63, 3.8) is 0 Å². The molecule has 1 amide bonds.